The summed E-state index contributed by atoms with van der Waals surface area (Å²) in [6, 6.07) is -0.295. The predicted octanol–water partition coefficient (Wildman–Crippen LogP) is 0.862. The van der Waals surface area contributed by atoms with Crippen molar-refractivity contribution < 1.29 is 9.90 Å². The molecule has 0 saturated heterocycles. The number of hydrogen-bond donors (Lipinski definition) is 4. The largest absolute Gasteiger partial charge is 0.395 e. The van der Waals surface area contributed by atoms with Gasteiger partial charge in [0.1, 0.15) is 0 Å². The van der Waals surface area contributed by atoms with Gasteiger partial charge < -0.3 is 16.2 Å². The van der Waals surface area contributed by atoms with E-state index in [0.717, 1.165) is 5.69 Å². The Labute approximate surface area is 107 Å². The van der Waals surface area contributed by atoms with Crippen LogP contribution in [0.5, 0.6) is 0 Å². The molecule has 6 nitrogen and oxygen atoms in total. The number of aliphatic hydroxyl groups excluding tert-OH is 1. The Morgan fingerprint density at radius 3 is 2.44 bits per heavy atom. The Bertz CT molecular complexity index is 412. The number of amides is 1. The van der Waals surface area contributed by atoms with Gasteiger partial charge in [-0.05, 0) is 11.8 Å². The molecule has 0 aliphatic heterocycles. The first-order chi connectivity index (χ1) is 8.38. The second-order valence-electron chi connectivity index (χ2n) is 5.06. The summed E-state index contributed by atoms with van der Waals surface area (Å²) in [5, 5.41) is 18.6. The lowest BCUT2D eigenvalue weighted by molar-refractivity contribution is 0.0892. The lowest BCUT2D eigenvalue weighted by Crippen LogP contribution is -2.41. The third-order valence-electron chi connectivity index (χ3n) is 2.94. The van der Waals surface area contributed by atoms with Crippen LogP contribution < -0.4 is 11.1 Å². The Kier molecular flexibility index (Phi) is 4.72. The zero-order chi connectivity index (χ0) is 13.9. The van der Waals surface area contributed by atoms with Crippen LogP contribution in [0.1, 0.15) is 49.8 Å². The predicted molar refractivity (Wildman–Crippen MR) is 70.3 cm³/mol. The second kappa shape index (κ2) is 5.86. The molecule has 0 bridgehead atoms. The molecule has 1 heterocycles. The molecule has 1 unspecified atom stereocenters. The Hall–Kier alpha value is -1.56. The molecule has 1 rings (SSSR count). The summed E-state index contributed by atoms with van der Waals surface area (Å²) in [7, 11) is 0. The molecule has 0 radical (unpaired) electrons. The minimum absolute atomic E-state index is 0.106. The van der Waals surface area contributed by atoms with E-state index in [-0.39, 0.29) is 36.1 Å². The third kappa shape index (κ3) is 3.01. The lowest BCUT2D eigenvalue weighted by atomic mass is 10.0. The van der Waals surface area contributed by atoms with Crippen LogP contribution in [0.2, 0.25) is 0 Å². The number of rotatable bonds is 5. The smallest absolute Gasteiger partial charge is 0.274 e. The van der Waals surface area contributed by atoms with Gasteiger partial charge in [0.2, 0.25) is 0 Å². The van der Waals surface area contributed by atoms with Gasteiger partial charge in [0.05, 0.1) is 24.0 Å². The summed E-state index contributed by atoms with van der Waals surface area (Å²) in [5.41, 5.74) is 7.21. The number of H-pyrrole nitrogens is 1. The lowest BCUT2D eigenvalue weighted by Gasteiger charge is -2.19. The van der Waals surface area contributed by atoms with Crippen molar-refractivity contribution in [2.45, 2.75) is 39.7 Å². The molecule has 0 aliphatic carbocycles. The van der Waals surface area contributed by atoms with E-state index in [9.17, 15) is 9.90 Å². The molecule has 5 N–H and O–H groups in total. The van der Waals surface area contributed by atoms with Gasteiger partial charge in [0.15, 0.2) is 5.69 Å². The first kappa shape index (κ1) is 14.5. The molecule has 1 aromatic heterocycles. The summed E-state index contributed by atoms with van der Waals surface area (Å²) in [4.78, 5) is 12.0. The number of nitrogens with one attached hydrogen (secondary N) is 2. The maximum absolute atomic E-state index is 12.0. The molecule has 1 atom stereocenters. The summed E-state index contributed by atoms with van der Waals surface area (Å²) < 4.78 is 0. The van der Waals surface area contributed by atoms with Gasteiger partial charge in [-0.25, -0.2) is 0 Å². The highest BCUT2D eigenvalue weighted by molar-refractivity contribution is 5.97. The molecule has 1 aromatic rings. The van der Waals surface area contributed by atoms with Crippen LogP contribution in [0, 0.1) is 5.92 Å². The van der Waals surface area contributed by atoms with E-state index in [0.29, 0.717) is 5.69 Å². The molecule has 102 valence electrons. The van der Waals surface area contributed by atoms with E-state index in [1.54, 1.807) is 0 Å². The maximum Gasteiger partial charge on any atom is 0.274 e. The van der Waals surface area contributed by atoms with Crippen LogP contribution in [0.4, 0.5) is 5.69 Å². The number of aliphatic hydroxyl groups is 1. The number of hydrogen-bond acceptors (Lipinski definition) is 4. The van der Waals surface area contributed by atoms with Crippen LogP contribution >= 0.6 is 0 Å². The number of nitrogen functional groups attached to an aromatic ring is 1. The number of anilines is 1. The topological polar surface area (TPSA) is 104 Å². The van der Waals surface area contributed by atoms with Gasteiger partial charge in [-0.15, -0.1) is 0 Å². The number of carbonyl (C=O) groups is 1. The molecule has 18 heavy (non-hydrogen) atoms. The average molecular weight is 254 g/mol. The van der Waals surface area contributed by atoms with Crippen molar-refractivity contribution in [3.05, 3.63) is 11.4 Å². The molecule has 0 spiro atoms. The highest BCUT2D eigenvalue weighted by Crippen LogP contribution is 2.22. The number of nitrogens with zero attached hydrogens (tertiary/aromatic N) is 1. The molecule has 0 aliphatic rings. The first-order valence-electron chi connectivity index (χ1n) is 6.13. The molecule has 1 amide bonds. The highest BCUT2D eigenvalue weighted by Gasteiger charge is 2.22. The average Bonchev–Trinajstić information content (AvgIpc) is 2.67. The van der Waals surface area contributed by atoms with Gasteiger partial charge in [-0.3, -0.25) is 9.89 Å². The van der Waals surface area contributed by atoms with Crippen molar-refractivity contribution in [2.75, 3.05) is 12.3 Å². The summed E-state index contributed by atoms with van der Waals surface area (Å²) >= 11 is 0. The number of aromatic nitrogens is 2. The number of aromatic amines is 1. The SMILES string of the molecule is CC(C)c1[nH]nc(C(=O)NC(CO)C(C)C)c1N. The van der Waals surface area contributed by atoms with E-state index >= 15 is 0 Å². The zero-order valence-corrected chi connectivity index (χ0v) is 11.3. The second-order valence-corrected chi connectivity index (χ2v) is 5.06. The van der Waals surface area contributed by atoms with Crippen LogP contribution in [0.25, 0.3) is 0 Å². The molecule has 0 aromatic carbocycles. The van der Waals surface area contributed by atoms with E-state index < -0.39 is 0 Å². The molecule has 6 heteroatoms. The van der Waals surface area contributed by atoms with E-state index in [2.05, 4.69) is 15.5 Å². The van der Waals surface area contributed by atoms with Crippen LogP contribution in [-0.2, 0) is 0 Å². The number of nitrogens with two attached hydrogens (primary N) is 1. The van der Waals surface area contributed by atoms with Gasteiger partial charge in [0.25, 0.3) is 5.91 Å². The fraction of sp³-hybridized carbons (Fsp3) is 0.667. The van der Waals surface area contributed by atoms with Crippen molar-refractivity contribution in [1.82, 2.24) is 15.5 Å². The quantitative estimate of drug-likeness (QED) is 0.625. The highest BCUT2D eigenvalue weighted by atomic mass is 16.3. The normalized spacial score (nSPS) is 13.1. The van der Waals surface area contributed by atoms with Crippen molar-refractivity contribution >= 4 is 11.6 Å². The summed E-state index contributed by atoms with van der Waals surface area (Å²) in [6.45, 7) is 7.68. The van der Waals surface area contributed by atoms with Crippen LogP contribution in [0.3, 0.4) is 0 Å². The molecular formula is C12H22N4O2. The van der Waals surface area contributed by atoms with Gasteiger partial charge in [-0.1, -0.05) is 27.7 Å². The minimum Gasteiger partial charge on any atom is -0.395 e. The first-order valence-corrected chi connectivity index (χ1v) is 6.13. The fourth-order valence-electron chi connectivity index (χ4n) is 1.64. The van der Waals surface area contributed by atoms with Crippen LogP contribution in [0.15, 0.2) is 0 Å². The molecule has 0 fully saturated rings. The molecular weight excluding hydrogens is 232 g/mol. The van der Waals surface area contributed by atoms with E-state index in [4.69, 9.17) is 5.73 Å². The van der Waals surface area contributed by atoms with Gasteiger partial charge >= 0.3 is 0 Å². The monoisotopic (exact) mass is 254 g/mol. The minimum atomic E-state index is -0.358. The fourth-order valence-corrected chi connectivity index (χ4v) is 1.64. The Morgan fingerprint density at radius 1 is 1.44 bits per heavy atom. The molecule has 0 saturated carbocycles. The maximum atomic E-state index is 12.0. The summed E-state index contributed by atoms with van der Waals surface area (Å²) in [5.74, 6) is -0.0372. The standard InChI is InChI=1S/C12H22N4O2/c1-6(2)8(5-17)14-12(18)11-9(13)10(7(3)4)15-16-11/h6-8,17H,5,13H2,1-4H3,(H,14,18)(H,15,16). The van der Waals surface area contributed by atoms with Gasteiger partial charge in [0, 0.05) is 0 Å². The van der Waals surface area contributed by atoms with E-state index in [1.165, 1.54) is 0 Å². The Balaban J connectivity index is 2.85. The Morgan fingerprint density at radius 2 is 2.06 bits per heavy atom. The summed E-state index contributed by atoms with van der Waals surface area (Å²) in [6.07, 6.45) is 0. The third-order valence-corrected chi connectivity index (χ3v) is 2.94. The van der Waals surface area contributed by atoms with Gasteiger partial charge in [-0.2, -0.15) is 5.10 Å². The number of carbonyl (C=O) groups excluding carboxylic acids is 1. The van der Waals surface area contributed by atoms with Crippen LogP contribution in [-0.4, -0.2) is 33.9 Å². The van der Waals surface area contributed by atoms with Crippen molar-refractivity contribution in [1.29, 1.82) is 0 Å². The zero-order valence-electron chi connectivity index (χ0n) is 11.3. The van der Waals surface area contributed by atoms with Crippen molar-refractivity contribution in [3.63, 3.8) is 0 Å². The van der Waals surface area contributed by atoms with Crippen molar-refractivity contribution in [3.8, 4) is 0 Å². The van der Waals surface area contributed by atoms with E-state index in [1.807, 2.05) is 27.7 Å². The van der Waals surface area contributed by atoms with Crippen molar-refractivity contribution in [2.24, 2.45) is 5.92 Å².